The summed E-state index contributed by atoms with van der Waals surface area (Å²) in [6, 6.07) is 3.58. The Morgan fingerprint density at radius 1 is 1.21 bits per heavy atom. The van der Waals surface area contributed by atoms with Gasteiger partial charge < -0.3 is 15.2 Å². The molecular weight excluding hydrogens is 292 g/mol. The number of alkyl halides is 5. The van der Waals surface area contributed by atoms with Gasteiger partial charge in [-0.3, -0.25) is 0 Å². The zero-order chi connectivity index (χ0) is 14.3. The van der Waals surface area contributed by atoms with E-state index in [0.29, 0.717) is 0 Å². The van der Waals surface area contributed by atoms with Crippen LogP contribution in [-0.4, -0.2) is 23.9 Å². The summed E-state index contributed by atoms with van der Waals surface area (Å²) in [5.74, 6) is -1.41. The molecule has 1 aromatic rings. The molecule has 19 heavy (non-hydrogen) atoms. The Hall–Kier alpha value is -1.70. The van der Waals surface area contributed by atoms with Gasteiger partial charge in [-0.15, -0.1) is 11.6 Å². The van der Waals surface area contributed by atoms with E-state index in [1.165, 1.54) is 12.1 Å². The van der Waals surface area contributed by atoms with Crippen LogP contribution >= 0.6 is 11.6 Å². The van der Waals surface area contributed by atoms with Gasteiger partial charge in [-0.2, -0.15) is 17.6 Å². The number of fused-ring (bicyclic) bond motifs is 1. The first-order valence-electron chi connectivity index (χ1n) is 4.92. The topological polar surface area (TPSA) is 56.8 Å². The SMILES string of the molecule is NC(CCl)=Nc1cccc2c1OC(F)(F)C(F)(F)O2. The van der Waals surface area contributed by atoms with Crippen molar-refractivity contribution >= 4 is 23.1 Å². The third-order valence-electron chi connectivity index (χ3n) is 2.17. The summed E-state index contributed by atoms with van der Waals surface area (Å²) in [6.45, 7) is 0. The molecule has 0 atom stereocenters. The lowest BCUT2D eigenvalue weighted by atomic mass is 10.2. The molecule has 0 bridgehead atoms. The average Bonchev–Trinajstić information content (AvgIpc) is 2.31. The van der Waals surface area contributed by atoms with Crippen molar-refractivity contribution in [3.8, 4) is 11.5 Å². The molecule has 0 aromatic heterocycles. The highest BCUT2D eigenvalue weighted by Crippen LogP contribution is 2.50. The summed E-state index contributed by atoms with van der Waals surface area (Å²) in [6.07, 6.45) is -9.57. The van der Waals surface area contributed by atoms with Crippen LogP contribution in [0.2, 0.25) is 0 Å². The quantitative estimate of drug-likeness (QED) is 0.395. The molecule has 104 valence electrons. The summed E-state index contributed by atoms with van der Waals surface area (Å²) in [7, 11) is 0. The maximum absolute atomic E-state index is 13.1. The smallest absolute Gasteiger partial charge is 0.421 e. The van der Waals surface area contributed by atoms with E-state index in [2.05, 4.69) is 14.5 Å². The lowest BCUT2D eigenvalue weighted by Gasteiger charge is -2.32. The van der Waals surface area contributed by atoms with Crippen LogP contribution in [0.1, 0.15) is 0 Å². The third kappa shape index (κ3) is 2.40. The summed E-state index contributed by atoms with van der Waals surface area (Å²) >= 11 is 5.39. The van der Waals surface area contributed by atoms with E-state index in [-0.39, 0.29) is 17.4 Å². The van der Waals surface area contributed by atoms with Crippen molar-refractivity contribution in [2.24, 2.45) is 10.7 Å². The van der Waals surface area contributed by atoms with Gasteiger partial charge in [0.05, 0.1) is 5.88 Å². The Morgan fingerprint density at radius 3 is 2.47 bits per heavy atom. The summed E-state index contributed by atoms with van der Waals surface area (Å²) in [5, 5.41) is 0. The molecule has 1 heterocycles. The lowest BCUT2D eigenvalue weighted by molar-refractivity contribution is -0.391. The molecule has 0 radical (unpaired) electrons. The largest absolute Gasteiger partial charge is 0.507 e. The van der Waals surface area contributed by atoms with Gasteiger partial charge in [-0.05, 0) is 12.1 Å². The fourth-order valence-electron chi connectivity index (χ4n) is 1.34. The molecule has 0 spiro atoms. The molecule has 9 heteroatoms. The van der Waals surface area contributed by atoms with E-state index in [1.54, 1.807) is 0 Å². The second-order valence-electron chi connectivity index (χ2n) is 3.58. The van der Waals surface area contributed by atoms with Crippen LogP contribution in [0.3, 0.4) is 0 Å². The third-order valence-corrected chi connectivity index (χ3v) is 2.44. The number of aliphatic imine (C=N–C) groups is 1. The molecule has 1 aliphatic rings. The number of rotatable bonds is 2. The number of hydrogen-bond donors (Lipinski definition) is 1. The number of ether oxygens (including phenoxy) is 2. The zero-order valence-electron chi connectivity index (χ0n) is 9.17. The minimum Gasteiger partial charge on any atom is -0.421 e. The highest BCUT2D eigenvalue weighted by Gasteiger charge is 2.66. The number of halogens is 5. The summed E-state index contributed by atoms with van der Waals surface area (Å²) in [5.41, 5.74) is 5.17. The molecule has 0 fully saturated rings. The fraction of sp³-hybridized carbons (Fsp3) is 0.300. The van der Waals surface area contributed by atoms with E-state index in [1.807, 2.05) is 0 Å². The number of amidine groups is 1. The number of nitrogens with two attached hydrogens (primary N) is 1. The molecular formula is C10H7ClF4N2O2. The van der Waals surface area contributed by atoms with E-state index >= 15 is 0 Å². The number of benzene rings is 1. The molecule has 0 aliphatic carbocycles. The van der Waals surface area contributed by atoms with Crippen molar-refractivity contribution in [1.82, 2.24) is 0 Å². The minimum atomic E-state index is -4.80. The van der Waals surface area contributed by atoms with Crippen molar-refractivity contribution in [2.45, 2.75) is 12.2 Å². The van der Waals surface area contributed by atoms with Gasteiger partial charge in [0.15, 0.2) is 11.5 Å². The van der Waals surface area contributed by atoms with Gasteiger partial charge in [0.25, 0.3) is 0 Å². The van der Waals surface area contributed by atoms with Gasteiger partial charge in [-0.25, -0.2) is 4.99 Å². The maximum atomic E-state index is 13.1. The zero-order valence-corrected chi connectivity index (χ0v) is 9.93. The normalized spacial score (nSPS) is 20.2. The van der Waals surface area contributed by atoms with Crippen molar-refractivity contribution < 1.29 is 27.0 Å². The fourth-order valence-corrected chi connectivity index (χ4v) is 1.40. The Kier molecular flexibility index (Phi) is 3.21. The molecule has 1 aromatic carbocycles. The van der Waals surface area contributed by atoms with Crippen molar-refractivity contribution in [1.29, 1.82) is 0 Å². The Balaban J connectivity index is 2.50. The first-order chi connectivity index (χ1) is 8.77. The molecule has 0 saturated carbocycles. The predicted molar refractivity (Wildman–Crippen MR) is 59.6 cm³/mol. The Labute approximate surface area is 109 Å². The Morgan fingerprint density at radius 2 is 1.84 bits per heavy atom. The van der Waals surface area contributed by atoms with Crippen molar-refractivity contribution in [3.63, 3.8) is 0 Å². The highest BCUT2D eigenvalue weighted by molar-refractivity contribution is 6.28. The molecule has 4 nitrogen and oxygen atoms in total. The van der Waals surface area contributed by atoms with Crippen LogP contribution in [0.15, 0.2) is 23.2 Å². The van der Waals surface area contributed by atoms with E-state index < -0.39 is 23.7 Å². The second kappa shape index (κ2) is 4.44. The van der Waals surface area contributed by atoms with Crippen LogP contribution in [0.5, 0.6) is 11.5 Å². The van der Waals surface area contributed by atoms with Crippen molar-refractivity contribution in [2.75, 3.05) is 5.88 Å². The van der Waals surface area contributed by atoms with Gasteiger partial charge in [-0.1, -0.05) is 6.07 Å². The lowest BCUT2D eigenvalue weighted by Crippen LogP contribution is -2.52. The van der Waals surface area contributed by atoms with E-state index in [0.717, 1.165) is 6.07 Å². The minimum absolute atomic E-state index is 0.0840. The molecule has 0 saturated heterocycles. The predicted octanol–water partition coefficient (Wildman–Crippen LogP) is 2.87. The molecule has 0 unspecified atom stereocenters. The second-order valence-corrected chi connectivity index (χ2v) is 3.85. The molecule has 1 aliphatic heterocycles. The van der Waals surface area contributed by atoms with Gasteiger partial charge >= 0.3 is 12.2 Å². The number of hydrogen-bond acceptors (Lipinski definition) is 3. The first kappa shape index (κ1) is 13.7. The molecule has 2 rings (SSSR count). The van der Waals surface area contributed by atoms with Crippen molar-refractivity contribution in [3.05, 3.63) is 18.2 Å². The van der Waals surface area contributed by atoms with Crippen LogP contribution in [0.4, 0.5) is 23.2 Å². The summed E-state index contributed by atoms with van der Waals surface area (Å²) < 4.78 is 59.9. The number of nitrogens with zero attached hydrogens (tertiary/aromatic N) is 1. The van der Waals surface area contributed by atoms with Gasteiger partial charge in [0.1, 0.15) is 11.5 Å². The standard InChI is InChI=1S/C10H7ClF4N2O2/c11-4-7(16)17-5-2-1-3-6-8(5)19-10(14,15)9(12,13)18-6/h1-3H,4H2,(H2,16,17). The highest BCUT2D eigenvalue weighted by atomic mass is 35.5. The Bertz CT molecular complexity index is 536. The number of para-hydroxylation sites is 1. The van der Waals surface area contributed by atoms with Gasteiger partial charge in [0.2, 0.25) is 0 Å². The van der Waals surface area contributed by atoms with Crippen LogP contribution < -0.4 is 15.2 Å². The molecule has 0 amide bonds. The maximum Gasteiger partial charge on any atom is 0.507 e. The van der Waals surface area contributed by atoms with E-state index in [4.69, 9.17) is 17.3 Å². The van der Waals surface area contributed by atoms with E-state index in [9.17, 15) is 17.6 Å². The van der Waals surface area contributed by atoms with Crippen LogP contribution in [0.25, 0.3) is 0 Å². The van der Waals surface area contributed by atoms with Crippen LogP contribution in [0, 0.1) is 0 Å². The molecule has 2 N–H and O–H groups in total. The average molecular weight is 299 g/mol. The monoisotopic (exact) mass is 298 g/mol. The van der Waals surface area contributed by atoms with Crippen LogP contribution in [-0.2, 0) is 0 Å². The summed E-state index contributed by atoms with van der Waals surface area (Å²) in [4.78, 5) is 3.68. The van der Waals surface area contributed by atoms with Gasteiger partial charge in [0, 0.05) is 0 Å². The first-order valence-corrected chi connectivity index (χ1v) is 5.46.